The van der Waals surface area contributed by atoms with Crippen molar-refractivity contribution in [2.75, 3.05) is 39.6 Å². The zero-order valence-corrected chi connectivity index (χ0v) is 41.9. The molecule has 0 aromatic carbocycles. The highest BCUT2D eigenvalue weighted by Crippen LogP contribution is 2.37. The summed E-state index contributed by atoms with van der Waals surface area (Å²) in [6, 6.07) is 0. The van der Waals surface area contributed by atoms with Crippen LogP contribution in [0.5, 0.6) is 0 Å². The molecule has 18 N–H and O–H groups in total. The van der Waals surface area contributed by atoms with E-state index in [1.165, 1.54) is 0 Å². The third-order valence-electron chi connectivity index (χ3n) is 13.3. The van der Waals surface area contributed by atoms with Crippen LogP contribution in [-0.4, -0.2) is 327 Å². The van der Waals surface area contributed by atoms with E-state index in [-0.39, 0.29) is 0 Å². The van der Waals surface area contributed by atoms with E-state index >= 15 is 0 Å². The van der Waals surface area contributed by atoms with E-state index in [4.69, 9.17) is 61.6 Å². The highest BCUT2D eigenvalue weighted by Gasteiger charge is 2.57. The minimum Gasteiger partial charge on any atom is -0.394 e. The molecule has 6 heterocycles. The predicted octanol–water partition coefficient (Wildman–Crippen LogP) is -10.5. The molecule has 6 aliphatic rings. The lowest BCUT2D eigenvalue weighted by Crippen LogP contribution is -2.67. The van der Waals surface area contributed by atoms with Crippen LogP contribution in [0.25, 0.3) is 0 Å². The van der Waals surface area contributed by atoms with Gasteiger partial charge in [-0.1, -0.05) is 0 Å². The maximum atomic E-state index is 11.6. The first-order valence-electron chi connectivity index (χ1n) is 24.5. The van der Waals surface area contributed by atoms with Crippen LogP contribution < -0.4 is 0 Å². The average Bonchev–Trinajstić information content (AvgIpc) is 3.35. The van der Waals surface area contributed by atoms with Crippen LogP contribution in [0.2, 0.25) is 0 Å². The van der Waals surface area contributed by atoms with E-state index in [0.717, 1.165) is 0 Å². The summed E-state index contributed by atoms with van der Waals surface area (Å²) in [6.07, 6.45) is -54.5. The topological polar surface area (TPSA) is 484 Å². The summed E-state index contributed by atoms with van der Waals surface area (Å²) in [4.78, 5) is 0. The first-order valence-corrected chi connectivity index (χ1v) is 24.5. The molecule has 30 unspecified atom stereocenters. The van der Waals surface area contributed by atoms with Crippen molar-refractivity contribution in [2.24, 2.45) is 0 Å². The maximum Gasteiger partial charge on any atom is 0.187 e. The molecule has 31 heteroatoms. The number of hydrogen-bond acceptors (Lipinski definition) is 31. The van der Waals surface area contributed by atoms with Crippen LogP contribution in [0, 0.1) is 0 Å². The minimum absolute atomic E-state index is 0.708. The molecule has 0 saturated carbocycles. The molecular weight excluding hydrogens is 1020 g/mol. The Bertz CT molecular complexity index is 1720. The van der Waals surface area contributed by atoms with Gasteiger partial charge < -0.3 is 153 Å². The summed E-state index contributed by atoms with van der Waals surface area (Å²) in [6.45, 7) is 4.66. The van der Waals surface area contributed by atoms with Crippen molar-refractivity contribution in [1.29, 1.82) is 0 Å². The summed E-state index contributed by atoms with van der Waals surface area (Å²) < 4.78 is 74.4. The van der Waals surface area contributed by atoms with Gasteiger partial charge in [0.25, 0.3) is 0 Å². The second-order valence-corrected chi connectivity index (χ2v) is 21.2. The first kappa shape index (κ1) is 62.9. The molecule has 6 rings (SSSR count). The fourth-order valence-corrected chi connectivity index (χ4v) is 9.49. The van der Waals surface area contributed by atoms with Gasteiger partial charge in [-0.2, -0.15) is 0 Å². The van der Waals surface area contributed by atoms with Gasteiger partial charge in [0.15, 0.2) is 37.7 Å². The summed E-state index contributed by atoms with van der Waals surface area (Å²) in [5.41, 5.74) is -1.77. The van der Waals surface area contributed by atoms with Crippen molar-refractivity contribution in [1.82, 2.24) is 0 Å². The molecule has 0 radical (unpaired) electrons. The quantitative estimate of drug-likeness (QED) is 0.0606. The van der Waals surface area contributed by atoms with Gasteiger partial charge in [0, 0.05) is 0 Å². The van der Waals surface area contributed by atoms with Gasteiger partial charge in [0.05, 0.1) is 50.8 Å². The maximum absolute atomic E-state index is 11.6. The Morgan fingerprint density at radius 3 is 0.853 bits per heavy atom. The van der Waals surface area contributed by atoms with Crippen molar-refractivity contribution < 1.29 is 153 Å². The average molecular weight is 1100 g/mol. The van der Waals surface area contributed by atoms with E-state index in [1.807, 2.05) is 0 Å². The fourth-order valence-electron chi connectivity index (χ4n) is 9.49. The van der Waals surface area contributed by atoms with E-state index in [1.54, 1.807) is 41.5 Å². The number of aliphatic hydroxyl groups excluding tert-OH is 18. The molecule has 0 amide bonds. The standard InChI is InChI=1S/C44H78O31/c1-43(2,3)74-35-16(10-48)67-40(29(60)23(35)54)72-33-15(9-47)66-39(27(58)21(33)52)71-32-14(8-46)65-38(26(57)20(32)51)63-12-18-34(73-41-30(61)24(55)36(17(11-49)68-41)75-44(4,5)6)22(53)28(59)42(69-18)70-31-13(7-45)64-37(62)25(56)19(31)50/h13-42,45-62H,7-12H2,1-6H3. The molecule has 0 aromatic rings. The van der Waals surface area contributed by atoms with Gasteiger partial charge in [0.2, 0.25) is 0 Å². The normalized spacial score (nSPS) is 49.4. The van der Waals surface area contributed by atoms with Crippen LogP contribution in [0.3, 0.4) is 0 Å². The van der Waals surface area contributed by atoms with Crippen LogP contribution in [0.4, 0.5) is 0 Å². The predicted molar refractivity (Wildman–Crippen MR) is 236 cm³/mol. The molecule has 0 aliphatic carbocycles. The van der Waals surface area contributed by atoms with Gasteiger partial charge in [-0.3, -0.25) is 0 Å². The summed E-state index contributed by atoms with van der Waals surface area (Å²) in [7, 11) is 0. The Kier molecular flexibility index (Phi) is 21.9. The molecule has 6 aliphatic heterocycles. The Balaban J connectivity index is 1.16. The third-order valence-corrected chi connectivity index (χ3v) is 13.3. The Hall–Kier alpha value is -1.24. The van der Waals surface area contributed by atoms with Gasteiger partial charge in [-0.05, 0) is 41.5 Å². The van der Waals surface area contributed by atoms with Crippen molar-refractivity contribution in [3.05, 3.63) is 0 Å². The molecule has 0 bridgehead atoms. The zero-order valence-electron chi connectivity index (χ0n) is 41.9. The highest BCUT2D eigenvalue weighted by molar-refractivity contribution is 5.00. The lowest BCUT2D eigenvalue weighted by Gasteiger charge is -2.49. The third kappa shape index (κ3) is 14.3. The second-order valence-electron chi connectivity index (χ2n) is 21.2. The van der Waals surface area contributed by atoms with Crippen molar-refractivity contribution in [3.63, 3.8) is 0 Å². The molecular formula is C44H78O31. The molecule has 75 heavy (non-hydrogen) atoms. The molecule has 440 valence electrons. The largest absolute Gasteiger partial charge is 0.394 e. The monoisotopic (exact) mass is 1100 g/mol. The highest BCUT2D eigenvalue weighted by atomic mass is 16.8. The molecule has 6 fully saturated rings. The second kappa shape index (κ2) is 26.1. The van der Waals surface area contributed by atoms with E-state index in [9.17, 15) is 91.9 Å². The summed E-state index contributed by atoms with van der Waals surface area (Å²) in [5, 5.41) is 194. The number of hydrogen-bond donors (Lipinski definition) is 18. The molecule has 0 spiro atoms. The first-order chi connectivity index (χ1) is 35.1. The molecule has 30 atom stereocenters. The van der Waals surface area contributed by atoms with Gasteiger partial charge >= 0.3 is 0 Å². The Morgan fingerprint density at radius 2 is 0.533 bits per heavy atom. The van der Waals surface area contributed by atoms with Gasteiger partial charge in [0.1, 0.15) is 146 Å². The van der Waals surface area contributed by atoms with Crippen molar-refractivity contribution in [3.8, 4) is 0 Å². The fraction of sp³-hybridized carbons (Fsp3) is 1.00. The summed E-state index contributed by atoms with van der Waals surface area (Å²) >= 11 is 0. The molecule has 6 saturated heterocycles. The van der Waals surface area contributed by atoms with Crippen LogP contribution >= 0.6 is 0 Å². The minimum atomic E-state index is -2.16. The van der Waals surface area contributed by atoms with Crippen LogP contribution in [0.1, 0.15) is 41.5 Å². The molecule has 0 aromatic heterocycles. The van der Waals surface area contributed by atoms with Crippen LogP contribution in [0.15, 0.2) is 0 Å². The lowest BCUT2D eigenvalue weighted by atomic mass is 9.95. The van der Waals surface area contributed by atoms with E-state index in [2.05, 4.69) is 0 Å². The smallest absolute Gasteiger partial charge is 0.187 e. The number of rotatable bonds is 18. The van der Waals surface area contributed by atoms with E-state index in [0.29, 0.717) is 0 Å². The Labute approximate surface area is 429 Å². The van der Waals surface area contributed by atoms with Gasteiger partial charge in [-0.25, -0.2) is 0 Å². The van der Waals surface area contributed by atoms with Crippen LogP contribution in [-0.2, 0) is 61.6 Å². The van der Waals surface area contributed by atoms with Crippen molar-refractivity contribution >= 4 is 0 Å². The SMILES string of the molecule is CC(C)(C)OC1C(CO)OC(OC2C(COC3OC(CO)C(OC4OC(CO)C(OC5OC(CO)C(OC(C)(C)C)C(O)C5O)C(O)C4O)C(O)C3O)OC(OC3C(CO)OC(O)C(O)C3O)C(O)C2O)C(O)C1O. The summed E-state index contributed by atoms with van der Waals surface area (Å²) in [5.74, 6) is 0. The van der Waals surface area contributed by atoms with E-state index < -0.39 is 235 Å². The van der Waals surface area contributed by atoms with Gasteiger partial charge in [-0.15, -0.1) is 0 Å². The van der Waals surface area contributed by atoms with Crippen molar-refractivity contribution in [2.45, 2.75) is 237 Å². The molecule has 31 nitrogen and oxygen atoms in total. The lowest BCUT2D eigenvalue weighted by molar-refractivity contribution is -0.390. The number of ether oxygens (including phenoxy) is 13. The Morgan fingerprint density at radius 1 is 0.293 bits per heavy atom. The zero-order chi connectivity index (χ0) is 55.8. The number of aliphatic hydroxyl groups is 18.